The smallest absolute Gasteiger partial charge is 0.323 e. The third kappa shape index (κ3) is 4.40. The fourth-order valence-corrected chi connectivity index (χ4v) is 4.33. The van der Waals surface area contributed by atoms with Crippen LogP contribution in [0.3, 0.4) is 0 Å². The zero-order valence-electron chi connectivity index (χ0n) is 15.9. The summed E-state index contributed by atoms with van der Waals surface area (Å²) in [5.74, 6) is -2.06. The highest BCUT2D eigenvalue weighted by molar-refractivity contribution is 8.00. The summed E-state index contributed by atoms with van der Waals surface area (Å²) in [4.78, 5) is 33.1. The van der Waals surface area contributed by atoms with E-state index in [4.69, 9.17) is 0 Å². The molecule has 3 aromatic rings. The molecule has 1 aliphatic rings. The number of thioether (sulfide) groups is 1. The standard InChI is InChI=1S/C21H18F2N4O2S/c22-14-6-7-17(16(23)9-14)25-19(28)12-30-20-15-4-1-5-18(15)27(21(29)26-20)11-13-3-2-8-24-10-13/h2-3,6-10H,1,4-5,11-12H2,(H,25,28). The number of anilines is 1. The zero-order valence-corrected chi connectivity index (χ0v) is 16.7. The summed E-state index contributed by atoms with van der Waals surface area (Å²) in [5, 5.41) is 2.95. The molecule has 2 heterocycles. The van der Waals surface area contributed by atoms with Crippen molar-refractivity contribution in [3.8, 4) is 0 Å². The monoisotopic (exact) mass is 428 g/mol. The van der Waals surface area contributed by atoms with Crippen LogP contribution in [0.15, 0.2) is 52.5 Å². The molecule has 0 saturated carbocycles. The second-order valence-corrected chi connectivity index (χ2v) is 7.85. The number of aromatic nitrogens is 3. The first-order valence-electron chi connectivity index (χ1n) is 9.40. The van der Waals surface area contributed by atoms with Gasteiger partial charge in [0.15, 0.2) is 0 Å². The summed E-state index contributed by atoms with van der Waals surface area (Å²) in [6.07, 6.45) is 5.86. The molecule has 154 valence electrons. The van der Waals surface area contributed by atoms with Crippen LogP contribution in [0, 0.1) is 11.6 Å². The first kappa shape index (κ1) is 20.2. The van der Waals surface area contributed by atoms with Gasteiger partial charge in [-0.25, -0.2) is 13.6 Å². The third-order valence-corrected chi connectivity index (χ3v) is 5.83. The van der Waals surface area contributed by atoms with Gasteiger partial charge >= 0.3 is 5.69 Å². The number of hydrogen-bond donors (Lipinski definition) is 1. The predicted molar refractivity (Wildman–Crippen MR) is 110 cm³/mol. The van der Waals surface area contributed by atoms with Gasteiger partial charge in [-0.2, -0.15) is 4.98 Å². The first-order chi connectivity index (χ1) is 14.5. The number of rotatable bonds is 6. The van der Waals surface area contributed by atoms with E-state index in [2.05, 4.69) is 15.3 Å². The molecule has 1 amide bonds. The van der Waals surface area contributed by atoms with E-state index in [0.717, 1.165) is 53.9 Å². The minimum Gasteiger partial charge on any atom is -0.323 e. The summed E-state index contributed by atoms with van der Waals surface area (Å²) in [7, 11) is 0. The number of hydrogen-bond acceptors (Lipinski definition) is 5. The van der Waals surface area contributed by atoms with Gasteiger partial charge in [-0.1, -0.05) is 17.8 Å². The number of carbonyl (C=O) groups excluding carboxylic acids is 1. The van der Waals surface area contributed by atoms with Gasteiger partial charge in [0.2, 0.25) is 5.91 Å². The highest BCUT2D eigenvalue weighted by atomic mass is 32.2. The quantitative estimate of drug-likeness (QED) is 0.482. The lowest BCUT2D eigenvalue weighted by molar-refractivity contribution is -0.113. The Balaban J connectivity index is 1.50. The molecular formula is C21H18F2N4O2S. The Morgan fingerprint density at radius 3 is 2.87 bits per heavy atom. The van der Waals surface area contributed by atoms with Gasteiger partial charge < -0.3 is 5.32 Å². The van der Waals surface area contributed by atoms with Crippen LogP contribution in [-0.2, 0) is 24.2 Å². The highest BCUT2D eigenvalue weighted by Crippen LogP contribution is 2.29. The molecule has 2 aromatic heterocycles. The van der Waals surface area contributed by atoms with Crippen LogP contribution in [-0.4, -0.2) is 26.2 Å². The van der Waals surface area contributed by atoms with Crippen LogP contribution in [0.1, 0.15) is 23.2 Å². The fourth-order valence-electron chi connectivity index (χ4n) is 3.45. The molecule has 0 saturated heterocycles. The molecule has 30 heavy (non-hydrogen) atoms. The average molecular weight is 428 g/mol. The van der Waals surface area contributed by atoms with Crippen molar-refractivity contribution in [3.05, 3.63) is 81.7 Å². The number of nitrogens with one attached hydrogen (secondary N) is 1. The number of pyridine rings is 1. The first-order valence-corrected chi connectivity index (χ1v) is 10.4. The molecular weight excluding hydrogens is 410 g/mol. The zero-order chi connectivity index (χ0) is 21.1. The molecule has 0 radical (unpaired) electrons. The third-order valence-electron chi connectivity index (χ3n) is 4.81. The summed E-state index contributed by atoms with van der Waals surface area (Å²) in [6.45, 7) is 0.400. The largest absolute Gasteiger partial charge is 0.349 e. The lowest BCUT2D eigenvalue weighted by atomic mass is 10.2. The Morgan fingerprint density at radius 2 is 2.10 bits per heavy atom. The van der Waals surface area contributed by atoms with E-state index < -0.39 is 17.5 Å². The van der Waals surface area contributed by atoms with Crippen molar-refractivity contribution in [1.29, 1.82) is 0 Å². The SMILES string of the molecule is O=C(CSc1nc(=O)n(Cc2cccnc2)c2c1CCC2)Nc1ccc(F)cc1F. The number of halogens is 2. The summed E-state index contributed by atoms with van der Waals surface area (Å²) in [6, 6.07) is 6.67. The van der Waals surface area contributed by atoms with Gasteiger partial charge in [0.05, 0.1) is 18.0 Å². The highest BCUT2D eigenvalue weighted by Gasteiger charge is 2.22. The van der Waals surface area contributed by atoms with Crippen LogP contribution in [0.4, 0.5) is 14.5 Å². The van der Waals surface area contributed by atoms with Crippen molar-refractivity contribution in [1.82, 2.24) is 14.5 Å². The molecule has 9 heteroatoms. The van der Waals surface area contributed by atoms with Crippen molar-refractivity contribution in [2.24, 2.45) is 0 Å². The van der Waals surface area contributed by atoms with Crippen LogP contribution in [0.25, 0.3) is 0 Å². The van der Waals surface area contributed by atoms with E-state index >= 15 is 0 Å². The van der Waals surface area contributed by atoms with Gasteiger partial charge in [0.1, 0.15) is 16.7 Å². The molecule has 0 atom stereocenters. The molecule has 1 aromatic carbocycles. The Labute approximate surface area is 175 Å². The minimum atomic E-state index is -0.842. The number of fused-ring (bicyclic) bond motifs is 1. The van der Waals surface area contributed by atoms with E-state index in [1.165, 1.54) is 6.07 Å². The second kappa shape index (κ2) is 8.74. The molecule has 0 bridgehead atoms. The summed E-state index contributed by atoms with van der Waals surface area (Å²) >= 11 is 1.15. The molecule has 0 unspecified atom stereocenters. The average Bonchev–Trinajstić information content (AvgIpc) is 3.22. The van der Waals surface area contributed by atoms with E-state index in [1.54, 1.807) is 17.0 Å². The number of benzene rings is 1. The molecule has 1 aliphatic carbocycles. The van der Waals surface area contributed by atoms with Crippen molar-refractivity contribution in [2.45, 2.75) is 30.8 Å². The van der Waals surface area contributed by atoms with Crippen LogP contribution < -0.4 is 11.0 Å². The molecule has 0 spiro atoms. The van der Waals surface area contributed by atoms with E-state index in [0.29, 0.717) is 17.6 Å². The predicted octanol–water partition coefficient (Wildman–Crippen LogP) is 3.18. The molecule has 4 rings (SSSR count). The van der Waals surface area contributed by atoms with Crippen LogP contribution in [0.5, 0.6) is 0 Å². The Hall–Kier alpha value is -3.07. The van der Waals surface area contributed by atoms with Gasteiger partial charge in [0, 0.05) is 29.7 Å². The molecule has 0 aliphatic heterocycles. The number of amides is 1. The Bertz CT molecular complexity index is 1150. The van der Waals surface area contributed by atoms with E-state index in [9.17, 15) is 18.4 Å². The normalized spacial score (nSPS) is 12.6. The summed E-state index contributed by atoms with van der Waals surface area (Å²) < 4.78 is 28.4. The second-order valence-electron chi connectivity index (χ2n) is 6.89. The fraction of sp³-hybridized carbons (Fsp3) is 0.238. The maximum absolute atomic E-state index is 13.7. The van der Waals surface area contributed by atoms with Crippen LogP contribution in [0.2, 0.25) is 0 Å². The number of nitrogens with zero attached hydrogens (tertiary/aromatic N) is 3. The lowest BCUT2D eigenvalue weighted by Crippen LogP contribution is -2.28. The van der Waals surface area contributed by atoms with Gasteiger partial charge in [-0.15, -0.1) is 0 Å². The van der Waals surface area contributed by atoms with Crippen molar-refractivity contribution in [3.63, 3.8) is 0 Å². The van der Waals surface area contributed by atoms with Crippen molar-refractivity contribution < 1.29 is 13.6 Å². The molecule has 0 fully saturated rings. The topological polar surface area (TPSA) is 76.9 Å². The van der Waals surface area contributed by atoms with Crippen LogP contribution >= 0.6 is 11.8 Å². The van der Waals surface area contributed by atoms with Gasteiger partial charge in [-0.3, -0.25) is 14.3 Å². The van der Waals surface area contributed by atoms with E-state index in [1.807, 2.05) is 12.1 Å². The van der Waals surface area contributed by atoms with Gasteiger partial charge in [-0.05, 0) is 43.0 Å². The lowest BCUT2D eigenvalue weighted by Gasteiger charge is -2.14. The van der Waals surface area contributed by atoms with Crippen molar-refractivity contribution in [2.75, 3.05) is 11.1 Å². The van der Waals surface area contributed by atoms with E-state index in [-0.39, 0.29) is 17.1 Å². The molecule has 1 N–H and O–H groups in total. The Kier molecular flexibility index (Phi) is 5.89. The summed E-state index contributed by atoms with van der Waals surface area (Å²) in [5.41, 5.74) is 2.37. The minimum absolute atomic E-state index is 0.0394. The maximum Gasteiger partial charge on any atom is 0.349 e. The molecule has 6 nitrogen and oxygen atoms in total. The number of carbonyl (C=O) groups is 1. The Morgan fingerprint density at radius 1 is 1.23 bits per heavy atom. The van der Waals surface area contributed by atoms with Crippen molar-refractivity contribution >= 4 is 23.4 Å². The van der Waals surface area contributed by atoms with Gasteiger partial charge in [0.25, 0.3) is 0 Å². The maximum atomic E-state index is 13.7.